The number of benzene rings is 2. The summed E-state index contributed by atoms with van der Waals surface area (Å²) in [5, 5.41) is 13.0. The second-order valence-electron chi connectivity index (χ2n) is 8.43. The number of anilines is 3. The number of rotatable bonds is 6. The first-order valence-corrected chi connectivity index (χ1v) is 11.9. The van der Waals surface area contributed by atoms with E-state index in [1.165, 1.54) is 13.3 Å². The summed E-state index contributed by atoms with van der Waals surface area (Å²) in [5.74, 6) is -2.30. The van der Waals surface area contributed by atoms with Gasteiger partial charge in [0.1, 0.15) is 11.2 Å². The number of nitriles is 1. The molecule has 190 valence electrons. The van der Waals surface area contributed by atoms with Crippen LogP contribution < -0.4 is 15.0 Å². The minimum atomic E-state index is -0.867. The number of aromatic nitrogens is 3. The highest BCUT2D eigenvalue weighted by atomic mass is 35.5. The number of hydrogen-bond acceptors (Lipinski definition) is 7. The fourth-order valence-corrected chi connectivity index (χ4v) is 4.56. The molecule has 0 saturated heterocycles. The molecule has 3 heterocycles. The molecule has 0 unspecified atom stereocenters. The lowest BCUT2D eigenvalue weighted by atomic mass is 10.0. The third kappa shape index (κ3) is 4.84. The number of hydrogen-bond donors (Lipinski definition) is 1. The van der Waals surface area contributed by atoms with Crippen molar-refractivity contribution >= 4 is 34.8 Å². The van der Waals surface area contributed by atoms with Crippen molar-refractivity contribution in [2.75, 3.05) is 23.9 Å². The minimum Gasteiger partial charge on any atom is -0.491 e. The number of nitrogens with zero attached hydrogens (tertiary/aromatic N) is 5. The number of fused-ring (bicyclic) bond motifs is 1. The average molecular weight is 533 g/mol. The molecule has 0 atom stereocenters. The van der Waals surface area contributed by atoms with Crippen molar-refractivity contribution in [3.05, 3.63) is 88.3 Å². The normalized spacial score (nSPS) is 12.1. The maximum absolute atomic E-state index is 14.1. The lowest BCUT2D eigenvalue weighted by Crippen LogP contribution is -2.31. The quantitative estimate of drug-likeness (QED) is 0.339. The maximum Gasteiger partial charge on any atom is 0.231 e. The summed E-state index contributed by atoms with van der Waals surface area (Å²) < 4.78 is 32.9. The van der Waals surface area contributed by atoms with Gasteiger partial charge in [0.05, 0.1) is 30.5 Å². The molecule has 0 radical (unpaired) electrons. The molecule has 0 saturated carbocycles. The van der Waals surface area contributed by atoms with Crippen LogP contribution in [0.4, 0.5) is 26.1 Å². The zero-order chi connectivity index (χ0) is 26.8. The van der Waals surface area contributed by atoms with Crippen molar-refractivity contribution < 1.29 is 18.3 Å². The van der Waals surface area contributed by atoms with Gasteiger partial charge in [-0.05, 0) is 41.8 Å². The summed E-state index contributed by atoms with van der Waals surface area (Å²) >= 11 is 6.12. The number of amides is 1. The zero-order valence-electron chi connectivity index (χ0n) is 20.0. The van der Waals surface area contributed by atoms with Crippen LogP contribution in [0.15, 0.2) is 54.9 Å². The van der Waals surface area contributed by atoms with Gasteiger partial charge in [0.15, 0.2) is 17.4 Å². The van der Waals surface area contributed by atoms with Gasteiger partial charge in [0, 0.05) is 42.3 Å². The first-order chi connectivity index (χ1) is 18.4. The van der Waals surface area contributed by atoms with Gasteiger partial charge in [-0.2, -0.15) is 5.26 Å². The molecule has 1 aliphatic heterocycles. The Kier molecular flexibility index (Phi) is 6.85. The van der Waals surface area contributed by atoms with Crippen LogP contribution in [0.5, 0.6) is 5.75 Å². The van der Waals surface area contributed by atoms with E-state index in [0.29, 0.717) is 41.0 Å². The fraction of sp³-hybridized carbons (Fsp3) is 0.148. The summed E-state index contributed by atoms with van der Waals surface area (Å²) in [6.07, 6.45) is 3.67. The first kappa shape index (κ1) is 25.0. The van der Waals surface area contributed by atoms with Crippen LogP contribution in [0.1, 0.15) is 16.7 Å². The highest BCUT2D eigenvalue weighted by Crippen LogP contribution is 2.36. The largest absolute Gasteiger partial charge is 0.491 e. The van der Waals surface area contributed by atoms with Crippen molar-refractivity contribution in [3.8, 4) is 23.1 Å². The maximum atomic E-state index is 14.1. The van der Waals surface area contributed by atoms with E-state index in [9.17, 15) is 18.8 Å². The first-order valence-electron chi connectivity index (χ1n) is 11.5. The van der Waals surface area contributed by atoms with Crippen LogP contribution in [0.25, 0.3) is 11.3 Å². The van der Waals surface area contributed by atoms with Crippen molar-refractivity contribution in [3.63, 3.8) is 0 Å². The third-order valence-electron chi connectivity index (χ3n) is 6.07. The van der Waals surface area contributed by atoms with Gasteiger partial charge >= 0.3 is 0 Å². The predicted molar refractivity (Wildman–Crippen MR) is 137 cm³/mol. The van der Waals surface area contributed by atoms with E-state index in [-0.39, 0.29) is 29.1 Å². The molecular weight excluding hydrogens is 514 g/mol. The summed E-state index contributed by atoms with van der Waals surface area (Å²) in [4.78, 5) is 27.3. The second kappa shape index (κ2) is 10.4. The van der Waals surface area contributed by atoms with E-state index in [2.05, 4.69) is 26.3 Å². The molecule has 8 nitrogen and oxygen atoms in total. The van der Waals surface area contributed by atoms with E-state index >= 15 is 0 Å². The molecular formula is C27H19ClF2N6O2. The number of pyridine rings is 1. The number of ether oxygens (including phenoxy) is 1. The Morgan fingerprint density at radius 1 is 1.18 bits per heavy atom. The molecule has 5 rings (SSSR count). The van der Waals surface area contributed by atoms with Gasteiger partial charge in [-0.25, -0.2) is 23.7 Å². The van der Waals surface area contributed by atoms with Crippen LogP contribution in [0.2, 0.25) is 5.15 Å². The minimum absolute atomic E-state index is 0.0617. The fourth-order valence-electron chi connectivity index (χ4n) is 4.38. The van der Waals surface area contributed by atoms with Gasteiger partial charge < -0.3 is 15.0 Å². The number of carbonyl (C=O) groups is 1. The van der Waals surface area contributed by atoms with Crippen molar-refractivity contribution in [2.45, 2.75) is 12.8 Å². The lowest BCUT2D eigenvalue weighted by molar-refractivity contribution is -0.117. The van der Waals surface area contributed by atoms with Crippen molar-refractivity contribution in [2.24, 2.45) is 0 Å². The van der Waals surface area contributed by atoms with Crippen molar-refractivity contribution in [1.29, 1.82) is 5.26 Å². The molecule has 38 heavy (non-hydrogen) atoms. The summed E-state index contributed by atoms with van der Waals surface area (Å²) in [6, 6.07) is 13.0. The Bertz CT molecular complexity index is 1580. The van der Waals surface area contributed by atoms with Crippen LogP contribution in [0.3, 0.4) is 0 Å². The van der Waals surface area contributed by atoms with E-state index < -0.39 is 17.4 Å². The summed E-state index contributed by atoms with van der Waals surface area (Å²) in [6.45, 7) is 0.426. The topological polar surface area (TPSA) is 104 Å². The van der Waals surface area contributed by atoms with Gasteiger partial charge in [0.2, 0.25) is 11.9 Å². The summed E-state index contributed by atoms with van der Waals surface area (Å²) in [5.41, 5.74) is 3.57. The van der Waals surface area contributed by atoms with E-state index in [1.807, 2.05) is 6.07 Å². The molecule has 0 aliphatic carbocycles. The summed E-state index contributed by atoms with van der Waals surface area (Å²) in [7, 11) is 1.18. The number of halogens is 3. The highest BCUT2D eigenvalue weighted by Gasteiger charge is 2.29. The van der Waals surface area contributed by atoms with E-state index in [1.54, 1.807) is 35.4 Å². The third-order valence-corrected chi connectivity index (χ3v) is 6.41. The van der Waals surface area contributed by atoms with Gasteiger partial charge in [0.25, 0.3) is 0 Å². The molecule has 0 fully saturated rings. The molecule has 2 aromatic heterocycles. The Balaban J connectivity index is 1.42. The van der Waals surface area contributed by atoms with E-state index in [4.69, 9.17) is 16.3 Å². The Labute approximate surface area is 221 Å². The smallest absolute Gasteiger partial charge is 0.231 e. The number of methoxy groups -OCH3 is 1. The van der Waals surface area contributed by atoms with Crippen LogP contribution in [-0.4, -0.2) is 34.5 Å². The average Bonchev–Trinajstić information content (AvgIpc) is 3.34. The Morgan fingerprint density at radius 3 is 2.68 bits per heavy atom. The van der Waals surface area contributed by atoms with Crippen LogP contribution in [0, 0.1) is 23.0 Å². The van der Waals surface area contributed by atoms with Crippen LogP contribution >= 0.6 is 11.6 Å². The Morgan fingerprint density at radius 2 is 1.97 bits per heavy atom. The molecule has 1 aliphatic rings. The zero-order valence-corrected chi connectivity index (χ0v) is 20.8. The monoisotopic (exact) mass is 532 g/mol. The highest BCUT2D eigenvalue weighted by molar-refractivity contribution is 6.30. The van der Waals surface area contributed by atoms with E-state index in [0.717, 1.165) is 17.7 Å². The number of nitrogens with one attached hydrogen (secondary N) is 1. The van der Waals surface area contributed by atoms with Gasteiger partial charge in [-0.3, -0.25) is 4.79 Å². The molecule has 0 bridgehead atoms. The van der Waals surface area contributed by atoms with Crippen LogP contribution in [-0.2, 0) is 17.6 Å². The molecule has 1 N–H and O–H groups in total. The molecule has 2 aromatic carbocycles. The lowest BCUT2D eigenvalue weighted by Gasteiger charge is -2.19. The Hall–Kier alpha value is -4.62. The molecule has 1 amide bonds. The van der Waals surface area contributed by atoms with Crippen molar-refractivity contribution in [1.82, 2.24) is 15.0 Å². The molecule has 11 heteroatoms. The number of carbonyl (C=O) groups excluding carboxylic acids is 1. The van der Waals surface area contributed by atoms with Gasteiger partial charge in [-0.1, -0.05) is 17.7 Å². The predicted octanol–water partition coefficient (Wildman–Crippen LogP) is 5.23. The van der Waals surface area contributed by atoms with Gasteiger partial charge in [-0.15, -0.1) is 0 Å². The second-order valence-corrected chi connectivity index (χ2v) is 8.79. The SMILES string of the molecule is COc1c(F)cc(Nc2nccc(-c3cc(C#N)c4c(c3)CCN4C(=O)Cc3cccnc3Cl)n2)cc1F. The molecule has 0 spiro atoms. The standard InChI is InChI=1S/C27H19ClF2N6O2/c1-38-25-20(29)12-19(13-21(25)30)34-27-33-7-4-22(35-27)17-9-15-5-8-36(24(15)18(10-17)14-31)23(37)11-16-3-2-6-32-26(16)28/h2-4,6-7,9-10,12-13H,5,8,11H2,1H3,(H,33,34,35). The molecule has 4 aromatic rings.